The monoisotopic (exact) mass is 243 g/mol. The molecule has 0 aromatic heterocycles. The number of likely N-dealkylation sites (N-methyl/N-ethyl adjacent to an activating group) is 1. The maximum Gasteiger partial charge on any atom is 0.0721 e. The van der Waals surface area contributed by atoms with Crippen LogP contribution in [-0.2, 0) is 0 Å². The molecule has 2 nitrogen and oxygen atoms in total. The van der Waals surface area contributed by atoms with Crippen molar-refractivity contribution in [1.29, 1.82) is 0 Å². The predicted molar refractivity (Wildman–Crippen MR) is 76.2 cm³/mol. The van der Waals surface area contributed by atoms with Gasteiger partial charge in [-0.25, -0.2) is 0 Å². The molecule has 0 aliphatic rings. The maximum atomic E-state index is 10.5. The fourth-order valence-electron chi connectivity index (χ4n) is 2.82. The SMILES string of the molecule is CCN(CC)C(C)(C)C(O)CC(C)CC(C)C. The van der Waals surface area contributed by atoms with Crippen molar-refractivity contribution in [1.82, 2.24) is 4.90 Å². The molecule has 0 fully saturated rings. The Bertz CT molecular complexity index is 197. The average Bonchev–Trinajstić information content (AvgIpc) is 2.17. The smallest absolute Gasteiger partial charge is 0.0721 e. The van der Waals surface area contributed by atoms with Crippen LogP contribution in [0.4, 0.5) is 0 Å². The highest BCUT2D eigenvalue weighted by Crippen LogP contribution is 2.26. The van der Waals surface area contributed by atoms with Crippen LogP contribution >= 0.6 is 0 Å². The van der Waals surface area contributed by atoms with Crippen LogP contribution in [0.15, 0.2) is 0 Å². The molecule has 0 aliphatic carbocycles. The first-order valence-corrected chi connectivity index (χ1v) is 7.18. The van der Waals surface area contributed by atoms with E-state index in [9.17, 15) is 5.11 Å². The van der Waals surface area contributed by atoms with Crippen molar-refractivity contribution in [2.75, 3.05) is 13.1 Å². The molecule has 0 radical (unpaired) electrons. The molecule has 2 atom stereocenters. The Morgan fingerprint density at radius 1 is 1.00 bits per heavy atom. The number of aliphatic hydroxyl groups is 1. The van der Waals surface area contributed by atoms with Gasteiger partial charge < -0.3 is 5.11 Å². The summed E-state index contributed by atoms with van der Waals surface area (Å²) in [5, 5.41) is 10.5. The Balaban J connectivity index is 4.41. The lowest BCUT2D eigenvalue weighted by atomic mass is 9.85. The fraction of sp³-hybridized carbons (Fsp3) is 1.00. The zero-order valence-corrected chi connectivity index (χ0v) is 13.0. The molecule has 0 saturated carbocycles. The number of aliphatic hydroxyl groups excluding tert-OH is 1. The van der Waals surface area contributed by atoms with Crippen LogP contribution in [0, 0.1) is 11.8 Å². The standard InChI is InChI=1S/C15H33NO/c1-8-16(9-2)15(6,7)14(17)11-13(5)10-12(3)4/h12-14,17H,8-11H2,1-7H3. The third-order valence-electron chi connectivity index (χ3n) is 3.89. The van der Waals surface area contributed by atoms with Gasteiger partial charge >= 0.3 is 0 Å². The van der Waals surface area contributed by atoms with E-state index in [0.29, 0.717) is 11.8 Å². The van der Waals surface area contributed by atoms with Crippen LogP contribution in [0.1, 0.15) is 61.3 Å². The van der Waals surface area contributed by atoms with Crippen LogP contribution in [0.3, 0.4) is 0 Å². The Hall–Kier alpha value is -0.0800. The summed E-state index contributed by atoms with van der Waals surface area (Å²) in [5.74, 6) is 1.31. The highest BCUT2D eigenvalue weighted by molar-refractivity contribution is 4.88. The minimum absolute atomic E-state index is 0.116. The fourth-order valence-corrected chi connectivity index (χ4v) is 2.82. The molecule has 17 heavy (non-hydrogen) atoms. The van der Waals surface area contributed by atoms with E-state index in [0.717, 1.165) is 19.5 Å². The molecule has 0 rings (SSSR count). The summed E-state index contributed by atoms with van der Waals surface area (Å²) >= 11 is 0. The van der Waals surface area contributed by atoms with Crippen LogP contribution in [0.25, 0.3) is 0 Å². The van der Waals surface area contributed by atoms with E-state index in [-0.39, 0.29) is 11.6 Å². The maximum absolute atomic E-state index is 10.5. The van der Waals surface area contributed by atoms with E-state index in [1.165, 1.54) is 6.42 Å². The second kappa shape index (κ2) is 7.38. The van der Waals surface area contributed by atoms with Crippen molar-refractivity contribution >= 4 is 0 Å². The van der Waals surface area contributed by atoms with Gasteiger partial charge in [0.05, 0.1) is 6.10 Å². The summed E-state index contributed by atoms with van der Waals surface area (Å²) in [6, 6.07) is 0. The molecule has 0 amide bonds. The molecule has 0 bridgehead atoms. The lowest BCUT2D eigenvalue weighted by molar-refractivity contribution is -0.0177. The van der Waals surface area contributed by atoms with Gasteiger partial charge in [-0.3, -0.25) is 4.90 Å². The average molecular weight is 243 g/mol. The molecule has 0 aromatic carbocycles. The Morgan fingerprint density at radius 2 is 1.47 bits per heavy atom. The van der Waals surface area contributed by atoms with Gasteiger partial charge in [0.2, 0.25) is 0 Å². The lowest BCUT2D eigenvalue weighted by Crippen LogP contribution is -2.52. The predicted octanol–water partition coefficient (Wildman–Crippen LogP) is 3.54. The zero-order chi connectivity index (χ0) is 13.6. The van der Waals surface area contributed by atoms with Gasteiger partial charge in [-0.1, -0.05) is 34.6 Å². The number of nitrogens with zero attached hydrogens (tertiary/aromatic N) is 1. The third-order valence-corrected chi connectivity index (χ3v) is 3.89. The highest BCUT2D eigenvalue weighted by Gasteiger charge is 2.33. The van der Waals surface area contributed by atoms with Crippen molar-refractivity contribution < 1.29 is 5.11 Å². The second-order valence-electron chi connectivity index (χ2n) is 6.31. The summed E-state index contributed by atoms with van der Waals surface area (Å²) in [6.45, 7) is 17.4. The molecular formula is C15H33NO. The Morgan fingerprint density at radius 3 is 1.82 bits per heavy atom. The molecule has 0 aromatic rings. The Labute approximate surface area is 108 Å². The number of hydrogen-bond acceptors (Lipinski definition) is 2. The molecule has 0 saturated heterocycles. The van der Waals surface area contributed by atoms with Crippen LogP contribution in [0.2, 0.25) is 0 Å². The minimum atomic E-state index is -0.240. The first kappa shape index (κ1) is 16.9. The summed E-state index contributed by atoms with van der Waals surface area (Å²) < 4.78 is 0. The molecule has 2 heteroatoms. The van der Waals surface area contributed by atoms with Crippen molar-refractivity contribution in [2.24, 2.45) is 11.8 Å². The van der Waals surface area contributed by atoms with Gasteiger partial charge in [0.25, 0.3) is 0 Å². The van der Waals surface area contributed by atoms with Crippen molar-refractivity contribution in [3.8, 4) is 0 Å². The van der Waals surface area contributed by atoms with Gasteiger partial charge in [-0.15, -0.1) is 0 Å². The summed E-state index contributed by atoms with van der Waals surface area (Å²) in [5.41, 5.74) is -0.116. The molecule has 0 spiro atoms. The van der Waals surface area contributed by atoms with Crippen molar-refractivity contribution in [3.63, 3.8) is 0 Å². The van der Waals surface area contributed by atoms with Gasteiger partial charge in [0.1, 0.15) is 0 Å². The molecule has 2 unspecified atom stereocenters. The summed E-state index contributed by atoms with van der Waals surface area (Å²) in [7, 11) is 0. The van der Waals surface area contributed by atoms with E-state index in [1.807, 2.05) is 0 Å². The largest absolute Gasteiger partial charge is 0.391 e. The van der Waals surface area contributed by atoms with E-state index in [2.05, 4.69) is 53.4 Å². The normalized spacial score (nSPS) is 16.6. The van der Waals surface area contributed by atoms with E-state index in [4.69, 9.17) is 0 Å². The zero-order valence-electron chi connectivity index (χ0n) is 13.0. The highest BCUT2D eigenvalue weighted by atomic mass is 16.3. The van der Waals surface area contributed by atoms with Gasteiger partial charge in [-0.05, 0) is 51.6 Å². The van der Waals surface area contributed by atoms with Crippen molar-refractivity contribution in [2.45, 2.75) is 73.0 Å². The molecule has 104 valence electrons. The third kappa shape index (κ3) is 5.39. The van der Waals surface area contributed by atoms with E-state index < -0.39 is 0 Å². The molecular weight excluding hydrogens is 210 g/mol. The van der Waals surface area contributed by atoms with E-state index in [1.54, 1.807) is 0 Å². The van der Waals surface area contributed by atoms with E-state index >= 15 is 0 Å². The van der Waals surface area contributed by atoms with Crippen LogP contribution in [0.5, 0.6) is 0 Å². The van der Waals surface area contributed by atoms with Gasteiger partial charge in [0, 0.05) is 5.54 Å². The molecule has 0 aliphatic heterocycles. The Kier molecular flexibility index (Phi) is 7.34. The number of rotatable bonds is 8. The first-order chi connectivity index (χ1) is 7.75. The van der Waals surface area contributed by atoms with Gasteiger partial charge in [0.15, 0.2) is 0 Å². The number of hydrogen-bond donors (Lipinski definition) is 1. The first-order valence-electron chi connectivity index (χ1n) is 7.18. The quantitative estimate of drug-likeness (QED) is 0.705. The van der Waals surface area contributed by atoms with Gasteiger partial charge in [-0.2, -0.15) is 0 Å². The minimum Gasteiger partial charge on any atom is -0.391 e. The van der Waals surface area contributed by atoms with Crippen LogP contribution < -0.4 is 0 Å². The topological polar surface area (TPSA) is 23.5 Å². The molecule has 1 N–H and O–H groups in total. The lowest BCUT2D eigenvalue weighted by Gasteiger charge is -2.42. The summed E-state index contributed by atoms with van der Waals surface area (Å²) in [6.07, 6.45) is 1.86. The summed E-state index contributed by atoms with van der Waals surface area (Å²) in [4.78, 5) is 2.35. The van der Waals surface area contributed by atoms with Crippen molar-refractivity contribution in [3.05, 3.63) is 0 Å². The van der Waals surface area contributed by atoms with Crippen LogP contribution in [-0.4, -0.2) is 34.7 Å². The second-order valence-corrected chi connectivity index (χ2v) is 6.31. The molecule has 0 heterocycles.